The number of nitrogens with one attached hydrogen (secondary N) is 2. The van der Waals surface area contributed by atoms with E-state index in [1.54, 1.807) is 18.3 Å². The lowest BCUT2D eigenvalue weighted by molar-refractivity contribution is 0.102. The van der Waals surface area contributed by atoms with Crippen molar-refractivity contribution in [2.45, 2.75) is 13.8 Å². The van der Waals surface area contributed by atoms with Crippen LogP contribution in [0.4, 0.5) is 11.5 Å². The minimum atomic E-state index is -0.152. The van der Waals surface area contributed by atoms with E-state index in [1.807, 2.05) is 24.3 Å². The molecule has 0 atom stereocenters. The zero-order valence-corrected chi connectivity index (χ0v) is 13.6. The molecular formula is C16H18BrN3O. The molecule has 110 valence electrons. The maximum Gasteiger partial charge on any atom is 0.255 e. The Hall–Kier alpha value is -1.88. The van der Waals surface area contributed by atoms with Crippen LogP contribution < -0.4 is 10.6 Å². The number of nitrogens with zero attached hydrogens (tertiary/aromatic N) is 1. The van der Waals surface area contributed by atoms with Crippen molar-refractivity contribution in [2.24, 2.45) is 5.92 Å². The lowest BCUT2D eigenvalue weighted by atomic mass is 10.2. The van der Waals surface area contributed by atoms with Crippen molar-refractivity contribution in [2.75, 3.05) is 17.2 Å². The van der Waals surface area contributed by atoms with Gasteiger partial charge in [0.2, 0.25) is 0 Å². The van der Waals surface area contributed by atoms with Gasteiger partial charge in [0.25, 0.3) is 5.91 Å². The van der Waals surface area contributed by atoms with Crippen molar-refractivity contribution in [3.63, 3.8) is 0 Å². The zero-order chi connectivity index (χ0) is 15.2. The van der Waals surface area contributed by atoms with Crippen LogP contribution in [0.3, 0.4) is 0 Å². The van der Waals surface area contributed by atoms with Gasteiger partial charge in [0, 0.05) is 16.6 Å². The first-order valence-electron chi connectivity index (χ1n) is 6.81. The van der Waals surface area contributed by atoms with Gasteiger partial charge in [-0.3, -0.25) is 4.79 Å². The molecule has 0 aliphatic heterocycles. The normalized spacial score (nSPS) is 10.5. The van der Waals surface area contributed by atoms with Crippen molar-refractivity contribution in [3.8, 4) is 0 Å². The molecular weight excluding hydrogens is 330 g/mol. The molecule has 1 amide bonds. The topological polar surface area (TPSA) is 54.0 Å². The highest BCUT2D eigenvalue weighted by atomic mass is 79.9. The molecule has 0 saturated heterocycles. The van der Waals surface area contributed by atoms with Gasteiger partial charge in [-0.15, -0.1) is 0 Å². The number of rotatable bonds is 5. The standard InChI is InChI=1S/C16H18BrN3O/c1-11(2)9-18-15-7-6-14(10-19-15)20-16(21)12-4-3-5-13(17)8-12/h3-8,10-11H,9H2,1-2H3,(H,18,19)(H,20,21). The third kappa shape index (κ3) is 4.86. The third-order valence-corrected chi connectivity index (χ3v) is 3.29. The number of carbonyl (C=O) groups excluding carboxylic acids is 1. The van der Waals surface area contributed by atoms with E-state index in [0.717, 1.165) is 16.8 Å². The second-order valence-electron chi connectivity index (χ2n) is 5.17. The Morgan fingerprint density at radius 1 is 1.29 bits per heavy atom. The predicted molar refractivity (Wildman–Crippen MR) is 89.7 cm³/mol. The molecule has 1 aromatic heterocycles. The molecule has 0 bridgehead atoms. The molecule has 2 rings (SSSR count). The fraction of sp³-hybridized carbons (Fsp3) is 0.250. The first-order valence-corrected chi connectivity index (χ1v) is 7.61. The lowest BCUT2D eigenvalue weighted by Crippen LogP contribution is -2.12. The summed E-state index contributed by atoms with van der Waals surface area (Å²) in [5.74, 6) is 1.22. The van der Waals surface area contributed by atoms with Gasteiger partial charge in [-0.1, -0.05) is 35.8 Å². The summed E-state index contributed by atoms with van der Waals surface area (Å²) in [6.45, 7) is 5.15. The largest absolute Gasteiger partial charge is 0.370 e. The first-order chi connectivity index (χ1) is 10.0. The second kappa shape index (κ2) is 7.22. The molecule has 2 N–H and O–H groups in total. The van der Waals surface area contributed by atoms with Crippen molar-refractivity contribution >= 4 is 33.3 Å². The van der Waals surface area contributed by atoms with Crippen molar-refractivity contribution in [1.82, 2.24) is 4.98 Å². The number of benzene rings is 1. The Kier molecular flexibility index (Phi) is 5.33. The Labute approximate surface area is 133 Å². The zero-order valence-electron chi connectivity index (χ0n) is 12.1. The van der Waals surface area contributed by atoms with Gasteiger partial charge in [0.1, 0.15) is 5.82 Å². The summed E-state index contributed by atoms with van der Waals surface area (Å²) in [6.07, 6.45) is 1.65. The van der Waals surface area contributed by atoms with E-state index in [-0.39, 0.29) is 5.91 Å². The van der Waals surface area contributed by atoms with Crippen molar-refractivity contribution < 1.29 is 4.79 Å². The fourth-order valence-corrected chi connectivity index (χ4v) is 2.11. The van der Waals surface area contributed by atoms with E-state index in [4.69, 9.17) is 0 Å². The summed E-state index contributed by atoms with van der Waals surface area (Å²) in [5.41, 5.74) is 1.28. The summed E-state index contributed by atoms with van der Waals surface area (Å²) in [7, 11) is 0. The van der Waals surface area contributed by atoms with Gasteiger partial charge in [-0.05, 0) is 36.2 Å². The molecule has 21 heavy (non-hydrogen) atoms. The highest BCUT2D eigenvalue weighted by molar-refractivity contribution is 9.10. The molecule has 4 nitrogen and oxygen atoms in total. The molecule has 0 aliphatic rings. The fourth-order valence-electron chi connectivity index (χ4n) is 1.71. The Bertz CT molecular complexity index is 611. The van der Waals surface area contributed by atoms with Gasteiger partial charge < -0.3 is 10.6 Å². The van der Waals surface area contributed by atoms with E-state index in [1.165, 1.54) is 0 Å². The minimum absolute atomic E-state index is 0.152. The quantitative estimate of drug-likeness (QED) is 0.853. The van der Waals surface area contributed by atoms with Gasteiger partial charge in [-0.2, -0.15) is 0 Å². The molecule has 0 aliphatic carbocycles. The lowest BCUT2D eigenvalue weighted by Gasteiger charge is -2.09. The number of halogens is 1. The van der Waals surface area contributed by atoms with Crippen LogP contribution in [0.5, 0.6) is 0 Å². The number of amides is 1. The molecule has 0 fully saturated rings. The van der Waals surface area contributed by atoms with Crippen LogP contribution in [0.1, 0.15) is 24.2 Å². The van der Waals surface area contributed by atoms with Crippen LogP contribution in [-0.4, -0.2) is 17.4 Å². The van der Waals surface area contributed by atoms with Crippen LogP contribution in [-0.2, 0) is 0 Å². The average Bonchev–Trinajstić information content (AvgIpc) is 2.46. The SMILES string of the molecule is CC(C)CNc1ccc(NC(=O)c2cccc(Br)c2)cn1. The van der Waals surface area contributed by atoms with Gasteiger partial charge in [0.05, 0.1) is 11.9 Å². The first kappa shape index (κ1) is 15.5. The number of carbonyl (C=O) groups is 1. The smallest absolute Gasteiger partial charge is 0.255 e. The van der Waals surface area contributed by atoms with Crippen LogP contribution in [0.25, 0.3) is 0 Å². The van der Waals surface area contributed by atoms with Gasteiger partial charge in [-0.25, -0.2) is 4.98 Å². The Balaban J connectivity index is 1.98. The van der Waals surface area contributed by atoms with E-state index in [0.29, 0.717) is 17.2 Å². The predicted octanol–water partition coefficient (Wildman–Crippen LogP) is 4.16. The maximum atomic E-state index is 12.1. The molecule has 0 unspecified atom stereocenters. The van der Waals surface area contributed by atoms with Crippen LogP contribution in [0, 0.1) is 5.92 Å². The monoisotopic (exact) mass is 347 g/mol. The molecule has 1 aromatic carbocycles. The Morgan fingerprint density at radius 2 is 2.10 bits per heavy atom. The summed E-state index contributed by atoms with van der Waals surface area (Å²) < 4.78 is 0.876. The molecule has 0 radical (unpaired) electrons. The molecule has 5 heteroatoms. The highest BCUT2D eigenvalue weighted by Crippen LogP contribution is 2.15. The number of pyridine rings is 1. The Morgan fingerprint density at radius 3 is 2.71 bits per heavy atom. The van der Waals surface area contributed by atoms with Crippen LogP contribution in [0.2, 0.25) is 0 Å². The third-order valence-electron chi connectivity index (χ3n) is 2.80. The van der Waals surface area contributed by atoms with Gasteiger partial charge in [0.15, 0.2) is 0 Å². The summed E-state index contributed by atoms with van der Waals surface area (Å²) in [5, 5.41) is 6.06. The van der Waals surface area contributed by atoms with E-state index in [9.17, 15) is 4.79 Å². The molecule has 0 saturated carbocycles. The second-order valence-corrected chi connectivity index (χ2v) is 6.09. The number of aromatic nitrogens is 1. The molecule has 1 heterocycles. The minimum Gasteiger partial charge on any atom is -0.370 e. The number of anilines is 2. The summed E-state index contributed by atoms with van der Waals surface area (Å²) in [4.78, 5) is 16.4. The van der Waals surface area contributed by atoms with Crippen molar-refractivity contribution in [1.29, 1.82) is 0 Å². The summed E-state index contributed by atoms with van der Waals surface area (Å²) >= 11 is 3.35. The number of hydrogen-bond donors (Lipinski definition) is 2. The van der Waals surface area contributed by atoms with E-state index in [2.05, 4.69) is 45.4 Å². The summed E-state index contributed by atoms with van der Waals surface area (Å²) in [6, 6.07) is 11.0. The van der Waals surface area contributed by atoms with Crippen molar-refractivity contribution in [3.05, 3.63) is 52.6 Å². The highest BCUT2D eigenvalue weighted by Gasteiger charge is 2.06. The van der Waals surface area contributed by atoms with E-state index < -0.39 is 0 Å². The molecule has 0 spiro atoms. The number of hydrogen-bond acceptors (Lipinski definition) is 3. The van der Waals surface area contributed by atoms with Crippen LogP contribution >= 0.6 is 15.9 Å². The van der Waals surface area contributed by atoms with Crippen LogP contribution in [0.15, 0.2) is 47.1 Å². The maximum absolute atomic E-state index is 12.1. The average molecular weight is 348 g/mol. The van der Waals surface area contributed by atoms with E-state index >= 15 is 0 Å². The van der Waals surface area contributed by atoms with Gasteiger partial charge >= 0.3 is 0 Å². The molecule has 2 aromatic rings.